The van der Waals surface area contributed by atoms with Crippen LogP contribution in [0.5, 0.6) is 5.75 Å². The number of alkyl halides is 3. The Balaban J connectivity index is 1.65. The van der Waals surface area contributed by atoms with Crippen LogP contribution >= 0.6 is 0 Å². The molecule has 1 N–H and O–H groups in total. The van der Waals surface area contributed by atoms with Gasteiger partial charge in [-0.3, -0.25) is 9.78 Å². The average Bonchev–Trinajstić information content (AvgIpc) is 3.24. The van der Waals surface area contributed by atoms with Gasteiger partial charge in [0.05, 0.1) is 16.8 Å². The van der Waals surface area contributed by atoms with Gasteiger partial charge in [-0.15, -0.1) is 0 Å². The first-order valence-electron chi connectivity index (χ1n) is 13.0. The molecule has 1 aromatic rings. The first-order chi connectivity index (χ1) is 19.2. The van der Waals surface area contributed by atoms with Crippen LogP contribution in [0, 0.1) is 0 Å². The monoisotopic (exact) mass is 575 g/mol. The van der Waals surface area contributed by atoms with E-state index in [9.17, 15) is 31.5 Å². The third kappa shape index (κ3) is 6.34. The van der Waals surface area contributed by atoms with Crippen LogP contribution in [-0.4, -0.2) is 41.4 Å². The van der Waals surface area contributed by atoms with Crippen molar-refractivity contribution < 1.29 is 36.3 Å². The molecule has 6 nitrogen and oxygen atoms in total. The van der Waals surface area contributed by atoms with E-state index in [1.807, 2.05) is 0 Å². The molecule has 1 amide bonds. The van der Waals surface area contributed by atoms with E-state index in [1.165, 1.54) is 60.7 Å². The van der Waals surface area contributed by atoms with Crippen LogP contribution < -0.4 is 10.1 Å². The van der Waals surface area contributed by atoms with Crippen LogP contribution in [0.4, 0.5) is 22.0 Å². The number of halogens is 5. The Kier molecular flexibility index (Phi) is 8.37. The second kappa shape index (κ2) is 11.5. The Morgan fingerprint density at radius 2 is 1.95 bits per heavy atom. The smallest absolute Gasteiger partial charge is 0.398 e. The van der Waals surface area contributed by atoms with Crippen LogP contribution in [0.25, 0.3) is 0 Å². The number of hydrogen-bond acceptors (Lipinski definition) is 5. The Morgan fingerprint density at radius 1 is 1.22 bits per heavy atom. The van der Waals surface area contributed by atoms with E-state index < -0.39 is 53.2 Å². The molecule has 1 aromatic heterocycles. The molecule has 3 unspecified atom stereocenters. The lowest BCUT2D eigenvalue weighted by atomic mass is 9.83. The average molecular weight is 576 g/mol. The number of hydrogen-bond donors (Lipinski definition) is 1. The molecule has 11 heteroatoms. The van der Waals surface area contributed by atoms with Crippen molar-refractivity contribution in [2.45, 2.75) is 57.5 Å². The van der Waals surface area contributed by atoms with Gasteiger partial charge in [0, 0.05) is 41.7 Å². The van der Waals surface area contributed by atoms with E-state index in [4.69, 9.17) is 4.74 Å². The molecule has 41 heavy (non-hydrogen) atoms. The van der Waals surface area contributed by atoms with Crippen molar-refractivity contribution in [2.24, 2.45) is 0 Å². The summed E-state index contributed by atoms with van der Waals surface area (Å²) in [5, 5.41) is 2.32. The van der Waals surface area contributed by atoms with Crippen LogP contribution in [0.15, 0.2) is 77.3 Å². The number of ether oxygens (including phenoxy) is 1. The topological polar surface area (TPSA) is 71.5 Å². The number of pyridine rings is 1. The molecular weight excluding hydrogens is 545 g/mol. The van der Waals surface area contributed by atoms with Crippen molar-refractivity contribution in [1.29, 1.82) is 0 Å². The van der Waals surface area contributed by atoms with Crippen molar-refractivity contribution >= 4 is 12.2 Å². The maximum atomic E-state index is 14.4. The Hall–Kier alpha value is -4.02. The van der Waals surface area contributed by atoms with Crippen LogP contribution in [-0.2, 0) is 15.0 Å². The lowest BCUT2D eigenvalue weighted by Gasteiger charge is -2.25. The van der Waals surface area contributed by atoms with Gasteiger partial charge in [-0.1, -0.05) is 11.6 Å². The van der Waals surface area contributed by atoms with Gasteiger partial charge in [-0.25, -0.2) is 8.78 Å². The van der Waals surface area contributed by atoms with Crippen molar-refractivity contribution in [3.63, 3.8) is 0 Å². The molecule has 0 fully saturated rings. The summed E-state index contributed by atoms with van der Waals surface area (Å²) in [6.07, 6.45) is 5.27. The molecule has 218 valence electrons. The van der Waals surface area contributed by atoms with Gasteiger partial charge in [0.15, 0.2) is 0 Å². The SMILES string of the molecule is CC(C)=C1C=CC(F)=CN1/C=C(\C)C(=O)NCC(c1cc2c(c(C3C=CC(F)=CC3)n1)OCC2(C)C=O)C(F)(F)F. The first-order valence-corrected chi connectivity index (χ1v) is 13.0. The lowest BCUT2D eigenvalue weighted by molar-refractivity contribution is -0.151. The molecule has 0 saturated carbocycles. The largest absolute Gasteiger partial charge is 0.490 e. The molecule has 4 rings (SSSR count). The fourth-order valence-electron chi connectivity index (χ4n) is 4.78. The zero-order valence-electron chi connectivity index (χ0n) is 23.0. The summed E-state index contributed by atoms with van der Waals surface area (Å²) in [4.78, 5) is 30.5. The van der Waals surface area contributed by atoms with E-state index in [-0.39, 0.29) is 35.6 Å². The molecule has 0 saturated heterocycles. The predicted octanol–water partition coefficient (Wildman–Crippen LogP) is 6.47. The van der Waals surface area contributed by atoms with E-state index in [1.54, 1.807) is 20.8 Å². The number of carbonyl (C=O) groups excluding carboxylic acids is 2. The second-order valence-corrected chi connectivity index (χ2v) is 10.7. The Bertz CT molecular complexity index is 1430. The number of nitrogens with one attached hydrogen (secondary N) is 1. The highest BCUT2D eigenvalue weighted by atomic mass is 19.4. The van der Waals surface area contributed by atoms with Crippen molar-refractivity contribution in [1.82, 2.24) is 15.2 Å². The summed E-state index contributed by atoms with van der Waals surface area (Å²) in [6, 6.07) is 1.20. The number of carbonyl (C=O) groups is 2. The number of fused-ring (bicyclic) bond motifs is 1. The minimum Gasteiger partial charge on any atom is -0.490 e. The van der Waals surface area contributed by atoms with E-state index in [0.717, 1.165) is 5.57 Å². The van der Waals surface area contributed by atoms with Crippen molar-refractivity contribution in [3.8, 4) is 5.75 Å². The van der Waals surface area contributed by atoms with Crippen molar-refractivity contribution in [2.75, 3.05) is 13.2 Å². The number of aldehydes is 1. The van der Waals surface area contributed by atoms with Crippen LogP contribution in [0.2, 0.25) is 0 Å². The number of aromatic nitrogens is 1. The van der Waals surface area contributed by atoms with Crippen molar-refractivity contribution in [3.05, 3.63) is 94.3 Å². The zero-order valence-corrected chi connectivity index (χ0v) is 23.0. The van der Waals surface area contributed by atoms with E-state index in [0.29, 0.717) is 12.0 Å². The molecule has 3 aliphatic rings. The summed E-state index contributed by atoms with van der Waals surface area (Å²) in [6.45, 7) is 5.65. The van der Waals surface area contributed by atoms with Gasteiger partial charge in [-0.05, 0) is 64.5 Å². The third-order valence-corrected chi connectivity index (χ3v) is 7.18. The van der Waals surface area contributed by atoms with E-state index >= 15 is 0 Å². The van der Waals surface area contributed by atoms with Crippen LogP contribution in [0.3, 0.4) is 0 Å². The van der Waals surface area contributed by atoms with Crippen LogP contribution in [0.1, 0.15) is 62.9 Å². The van der Waals surface area contributed by atoms with Gasteiger partial charge in [-0.2, -0.15) is 13.2 Å². The summed E-state index contributed by atoms with van der Waals surface area (Å²) in [5.74, 6) is -4.38. The molecule has 1 aliphatic carbocycles. The zero-order chi connectivity index (χ0) is 30.1. The van der Waals surface area contributed by atoms with Gasteiger partial charge < -0.3 is 19.7 Å². The molecular formula is C30H30F5N3O3. The molecule has 3 atom stereocenters. The Labute approximate surface area is 234 Å². The van der Waals surface area contributed by atoms with Gasteiger partial charge >= 0.3 is 6.18 Å². The number of amides is 1. The molecule has 0 bridgehead atoms. The molecule has 3 heterocycles. The molecule has 0 radical (unpaired) electrons. The molecule has 0 spiro atoms. The second-order valence-electron chi connectivity index (χ2n) is 10.7. The molecule has 0 aromatic carbocycles. The van der Waals surface area contributed by atoms with Gasteiger partial charge in [0.2, 0.25) is 5.91 Å². The van der Waals surface area contributed by atoms with Gasteiger partial charge in [0.25, 0.3) is 0 Å². The highest BCUT2D eigenvalue weighted by molar-refractivity contribution is 5.92. The minimum absolute atomic E-state index is 0.0507. The standard InChI is InChI=1S/C30H30F5N3O3/c1-17(2)25-10-9-21(32)14-38(25)13-18(3)28(40)36-12-23(30(33,34)35)24-11-22-27(41-16-29(22,4)15-39)26(37-24)19-5-7-20(31)8-6-19/h5,7-11,13-15,19,23H,6,12,16H2,1-4H3,(H,36,40)/b18-13+. The Morgan fingerprint density at radius 3 is 2.56 bits per heavy atom. The highest BCUT2D eigenvalue weighted by Crippen LogP contribution is 2.46. The fourth-order valence-corrected chi connectivity index (χ4v) is 4.78. The maximum absolute atomic E-state index is 14.4. The summed E-state index contributed by atoms with van der Waals surface area (Å²) < 4.78 is 76.4. The summed E-state index contributed by atoms with van der Waals surface area (Å²) in [5.41, 5.74) is 0.336. The minimum atomic E-state index is -4.81. The number of rotatable bonds is 7. The third-order valence-electron chi connectivity index (χ3n) is 7.18. The lowest BCUT2D eigenvalue weighted by Crippen LogP contribution is -2.36. The van der Waals surface area contributed by atoms with E-state index in [2.05, 4.69) is 10.3 Å². The number of allylic oxidation sites excluding steroid dienone is 8. The predicted molar refractivity (Wildman–Crippen MR) is 143 cm³/mol. The molecule has 2 aliphatic heterocycles. The quantitative estimate of drug-likeness (QED) is 0.229. The highest BCUT2D eigenvalue weighted by Gasteiger charge is 2.45. The normalized spacial score (nSPS) is 23.0. The maximum Gasteiger partial charge on any atom is 0.398 e. The summed E-state index contributed by atoms with van der Waals surface area (Å²) >= 11 is 0. The fraction of sp³-hybridized carbons (Fsp3) is 0.367. The van der Waals surface area contributed by atoms with Gasteiger partial charge in [0.1, 0.15) is 36.2 Å². The summed E-state index contributed by atoms with van der Waals surface area (Å²) in [7, 11) is 0. The first kappa shape index (κ1) is 30.0. The number of nitrogens with zero attached hydrogens (tertiary/aromatic N) is 2.